The molecule has 2 aliphatic rings. The van der Waals surface area contributed by atoms with Crippen LogP contribution in [-0.4, -0.2) is 67.0 Å². The Hall–Kier alpha value is -2.97. The van der Waals surface area contributed by atoms with E-state index in [1.165, 1.54) is 12.1 Å². The van der Waals surface area contributed by atoms with Crippen LogP contribution in [0.15, 0.2) is 46.3 Å². The average molecular weight is 583 g/mol. The van der Waals surface area contributed by atoms with Gasteiger partial charge in [-0.1, -0.05) is 0 Å². The van der Waals surface area contributed by atoms with Crippen LogP contribution in [-0.2, 0) is 14.6 Å². The minimum Gasteiger partial charge on any atom is -0.471 e. The molecule has 0 spiro atoms. The maximum Gasteiger partial charge on any atom is 0.256 e. The van der Waals surface area contributed by atoms with E-state index in [1.54, 1.807) is 12.4 Å². The topological polar surface area (TPSA) is 119 Å². The Morgan fingerprint density at radius 1 is 1.11 bits per heavy atom. The molecule has 14 heteroatoms. The van der Waals surface area contributed by atoms with E-state index in [2.05, 4.69) is 46.1 Å². The van der Waals surface area contributed by atoms with Crippen LogP contribution in [0.2, 0.25) is 0 Å². The number of halogens is 3. The Labute approximate surface area is 214 Å². The number of rotatable bonds is 6. The number of anilines is 3. The predicted octanol–water partition coefficient (Wildman–Crippen LogP) is 2.98. The molecule has 36 heavy (non-hydrogen) atoms. The summed E-state index contributed by atoms with van der Waals surface area (Å²) >= 11 is 3.33. The van der Waals surface area contributed by atoms with Gasteiger partial charge in [-0.05, 0) is 34.1 Å². The van der Waals surface area contributed by atoms with Crippen LogP contribution in [0.1, 0.15) is 0 Å². The van der Waals surface area contributed by atoms with Gasteiger partial charge < -0.3 is 19.7 Å². The lowest BCUT2D eigenvalue weighted by molar-refractivity contribution is -0.0780. The van der Waals surface area contributed by atoms with E-state index in [0.29, 0.717) is 32.3 Å². The van der Waals surface area contributed by atoms with Gasteiger partial charge in [0.2, 0.25) is 11.8 Å². The van der Waals surface area contributed by atoms with Crippen LogP contribution >= 0.6 is 15.9 Å². The summed E-state index contributed by atoms with van der Waals surface area (Å²) in [4.78, 5) is 18.4. The maximum absolute atomic E-state index is 15.3. The number of fused-ring (bicyclic) bond motifs is 2. The Bertz CT molecular complexity index is 1370. The van der Waals surface area contributed by atoms with Crippen LogP contribution < -0.4 is 15.0 Å². The van der Waals surface area contributed by atoms with Gasteiger partial charge in [0.1, 0.15) is 18.2 Å². The summed E-state index contributed by atoms with van der Waals surface area (Å²) in [5.74, 6) is -1.90. The lowest BCUT2D eigenvalue weighted by Crippen LogP contribution is -2.58. The summed E-state index contributed by atoms with van der Waals surface area (Å²) in [5, 5.41) is 2.55. The molecule has 3 aromatic rings. The first-order chi connectivity index (χ1) is 17.2. The molecule has 190 valence electrons. The van der Waals surface area contributed by atoms with Crippen molar-refractivity contribution in [2.75, 3.05) is 42.8 Å². The van der Waals surface area contributed by atoms with E-state index in [0.717, 1.165) is 23.1 Å². The molecule has 2 aromatic heterocycles. The number of sulfone groups is 1. The zero-order chi connectivity index (χ0) is 25.4. The van der Waals surface area contributed by atoms with Crippen molar-refractivity contribution in [3.05, 3.63) is 53.0 Å². The minimum atomic E-state index is -3.59. The lowest BCUT2D eigenvalue weighted by Gasteiger charge is -2.46. The van der Waals surface area contributed by atoms with E-state index in [1.807, 2.05) is 0 Å². The zero-order valence-electron chi connectivity index (χ0n) is 18.9. The lowest BCUT2D eigenvalue weighted by atomic mass is 9.84. The van der Waals surface area contributed by atoms with Crippen LogP contribution in [0.3, 0.4) is 0 Å². The molecule has 2 fully saturated rings. The molecule has 2 saturated heterocycles. The number of hydrogen-bond donors (Lipinski definition) is 1. The van der Waals surface area contributed by atoms with E-state index in [9.17, 15) is 12.8 Å². The summed E-state index contributed by atoms with van der Waals surface area (Å²) in [5.41, 5.74) is -0.140. The zero-order valence-corrected chi connectivity index (χ0v) is 21.3. The molecule has 5 rings (SSSR count). The fourth-order valence-electron chi connectivity index (χ4n) is 4.33. The Balaban J connectivity index is 1.33. The SMILES string of the molecule is CS(=O)(=O)c1ccc(Nc2ncnc(OC3C4COCC3CN(c3ncc(Br)cn3)C4)c2F)c(F)c1. The highest BCUT2D eigenvalue weighted by Gasteiger charge is 2.43. The second-order valence-corrected chi connectivity index (χ2v) is 11.6. The first kappa shape index (κ1) is 24.7. The molecule has 2 unspecified atom stereocenters. The number of ether oxygens (including phenoxy) is 2. The van der Waals surface area contributed by atoms with Crippen LogP contribution in [0.5, 0.6) is 5.88 Å². The standard InChI is InChI=1S/C22H21BrF2N6O4S/c1-36(32,33)15-2-3-17(16(24)4-15)30-20-18(25)21(29-11-28-20)35-19-12-7-31(8-13(19)10-34-9-12)22-26-5-14(23)6-27-22/h2-6,11-13,19H,7-10H2,1H3,(H,28,29,30). The van der Waals surface area contributed by atoms with E-state index < -0.39 is 21.5 Å². The second kappa shape index (κ2) is 9.82. The van der Waals surface area contributed by atoms with E-state index >= 15 is 4.39 Å². The van der Waals surface area contributed by atoms with Crippen molar-refractivity contribution in [2.24, 2.45) is 11.8 Å². The maximum atomic E-state index is 15.3. The van der Waals surface area contributed by atoms with Gasteiger partial charge in [-0.15, -0.1) is 0 Å². The minimum absolute atomic E-state index is 0.0866. The highest BCUT2D eigenvalue weighted by Crippen LogP contribution is 2.34. The molecule has 4 heterocycles. The fraction of sp³-hybridized carbons (Fsp3) is 0.364. The summed E-state index contributed by atoms with van der Waals surface area (Å²) in [6.45, 7) is 1.95. The largest absolute Gasteiger partial charge is 0.471 e. The quantitative estimate of drug-likeness (QED) is 0.464. The number of piperidine rings is 1. The van der Waals surface area contributed by atoms with Crippen molar-refractivity contribution in [1.29, 1.82) is 0 Å². The molecule has 0 saturated carbocycles. The summed E-state index contributed by atoms with van der Waals surface area (Å²) in [6, 6.07) is 3.29. The molecule has 0 amide bonds. The number of benzene rings is 1. The fourth-order valence-corrected chi connectivity index (χ4v) is 5.17. The van der Waals surface area contributed by atoms with Gasteiger partial charge in [0.25, 0.3) is 5.88 Å². The van der Waals surface area contributed by atoms with Gasteiger partial charge in [-0.3, -0.25) is 0 Å². The van der Waals surface area contributed by atoms with Crippen LogP contribution in [0, 0.1) is 23.5 Å². The number of hydrogen-bond acceptors (Lipinski definition) is 10. The summed E-state index contributed by atoms with van der Waals surface area (Å²) in [6.07, 6.45) is 5.08. The van der Waals surface area contributed by atoms with Gasteiger partial charge in [-0.25, -0.2) is 27.8 Å². The highest BCUT2D eigenvalue weighted by atomic mass is 79.9. The Kier molecular flexibility index (Phi) is 6.74. The monoisotopic (exact) mass is 582 g/mol. The van der Waals surface area contributed by atoms with Crippen molar-refractivity contribution in [1.82, 2.24) is 19.9 Å². The molecule has 2 aliphatic heterocycles. The van der Waals surface area contributed by atoms with Gasteiger partial charge in [-0.2, -0.15) is 9.37 Å². The van der Waals surface area contributed by atoms with Crippen molar-refractivity contribution >= 4 is 43.2 Å². The molecule has 1 aromatic carbocycles. The average Bonchev–Trinajstić information content (AvgIpc) is 2.82. The third-order valence-electron chi connectivity index (χ3n) is 6.02. The highest BCUT2D eigenvalue weighted by molar-refractivity contribution is 9.10. The van der Waals surface area contributed by atoms with Gasteiger partial charge in [0.05, 0.1) is 28.3 Å². The third kappa shape index (κ3) is 5.11. The summed E-state index contributed by atoms with van der Waals surface area (Å²) < 4.78 is 65.5. The molecule has 0 radical (unpaired) electrons. The van der Waals surface area contributed by atoms with Crippen molar-refractivity contribution in [2.45, 2.75) is 11.0 Å². The summed E-state index contributed by atoms with van der Waals surface area (Å²) in [7, 11) is -3.59. The normalized spacial score (nSPS) is 21.8. The first-order valence-corrected chi connectivity index (χ1v) is 13.6. The molecule has 1 N–H and O–H groups in total. The molecular formula is C22H21BrF2N6O4S. The molecule has 10 nitrogen and oxygen atoms in total. The van der Waals surface area contributed by atoms with Crippen molar-refractivity contribution in [3.8, 4) is 5.88 Å². The van der Waals surface area contributed by atoms with Gasteiger partial charge >= 0.3 is 0 Å². The number of nitrogens with one attached hydrogen (secondary N) is 1. The molecular weight excluding hydrogens is 562 g/mol. The van der Waals surface area contributed by atoms with Crippen LogP contribution in [0.4, 0.5) is 26.2 Å². The van der Waals surface area contributed by atoms with E-state index in [-0.39, 0.29) is 40.2 Å². The van der Waals surface area contributed by atoms with Crippen LogP contribution in [0.25, 0.3) is 0 Å². The smallest absolute Gasteiger partial charge is 0.256 e. The Morgan fingerprint density at radius 3 is 2.44 bits per heavy atom. The second-order valence-electron chi connectivity index (χ2n) is 8.63. The first-order valence-electron chi connectivity index (χ1n) is 10.9. The molecule has 0 aliphatic carbocycles. The number of nitrogens with zero attached hydrogens (tertiary/aromatic N) is 5. The van der Waals surface area contributed by atoms with Gasteiger partial charge in [0.15, 0.2) is 15.7 Å². The third-order valence-corrected chi connectivity index (χ3v) is 7.54. The predicted molar refractivity (Wildman–Crippen MR) is 129 cm³/mol. The van der Waals surface area contributed by atoms with E-state index in [4.69, 9.17) is 9.47 Å². The number of aromatic nitrogens is 4. The Morgan fingerprint density at radius 2 is 1.81 bits per heavy atom. The van der Waals surface area contributed by atoms with Crippen molar-refractivity contribution < 1.29 is 26.7 Å². The molecule has 2 bridgehead atoms. The van der Waals surface area contributed by atoms with Gasteiger partial charge in [0, 0.05) is 43.6 Å². The van der Waals surface area contributed by atoms with Crippen molar-refractivity contribution in [3.63, 3.8) is 0 Å². The molecule has 2 atom stereocenters.